The SMILES string of the molecule is C[C@H](CCc1ccccc1)Oc1c(C(=O)NC2CCCC2C(=O)O)ccc2ccccc12. The number of rotatable bonds is 8. The summed E-state index contributed by atoms with van der Waals surface area (Å²) in [7, 11) is 0. The van der Waals surface area contributed by atoms with Crippen molar-refractivity contribution in [3.05, 3.63) is 77.9 Å². The lowest BCUT2D eigenvalue weighted by Crippen LogP contribution is -2.40. The van der Waals surface area contributed by atoms with E-state index in [2.05, 4.69) is 17.4 Å². The van der Waals surface area contributed by atoms with E-state index in [9.17, 15) is 14.7 Å². The Bertz CT molecular complexity index is 1100. The number of hydrogen-bond acceptors (Lipinski definition) is 3. The monoisotopic (exact) mass is 431 g/mol. The number of benzene rings is 3. The number of nitrogens with one attached hydrogen (secondary N) is 1. The lowest BCUT2D eigenvalue weighted by Gasteiger charge is -2.22. The summed E-state index contributed by atoms with van der Waals surface area (Å²) in [5, 5.41) is 14.3. The second-order valence-corrected chi connectivity index (χ2v) is 8.57. The first kappa shape index (κ1) is 21.9. The zero-order chi connectivity index (χ0) is 22.5. The van der Waals surface area contributed by atoms with Gasteiger partial charge in [0.15, 0.2) is 0 Å². The van der Waals surface area contributed by atoms with Gasteiger partial charge in [-0.1, -0.05) is 67.1 Å². The molecule has 1 aliphatic rings. The number of amides is 1. The Morgan fingerprint density at radius 2 is 1.78 bits per heavy atom. The molecule has 5 nitrogen and oxygen atoms in total. The van der Waals surface area contributed by atoms with Crippen molar-refractivity contribution < 1.29 is 19.4 Å². The number of fused-ring (bicyclic) bond motifs is 1. The third kappa shape index (κ3) is 4.93. The highest BCUT2D eigenvalue weighted by Gasteiger charge is 2.34. The predicted octanol–water partition coefficient (Wildman–Crippen LogP) is 5.22. The topological polar surface area (TPSA) is 75.6 Å². The molecule has 32 heavy (non-hydrogen) atoms. The molecule has 0 spiro atoms. The third-order valence-electron chi connectivity index (χ3n) is 6.28. The second kappa shape index (κ2) is 9.86. The molecule has 1 fully saturated rings. The highest BCUT2D eigenvalue weighted by Crippen LogP contribution is 2.32. The molecular formula is C27H29NO4. The maximum atomic E-state index is 13.2. The number of hydrogen-bond donors (Lipinski definition) is 2. The third-order valence-corrected chi connectivity index (χ3v) is 6.28. The second-order valence-electron chi connectivity index (χ2n) is 8.57. The van der Waals surface area contributed by atoms with E-state index in [4.69, 9.17) is 4.74 Å². The van der Waals surface area contributed by atoms with Crippen LogP contribution in [0, 0.1) is 5.92 Å². The standard InChI is InChI=1S/C27H29NO4/c1-18(14-15-19-8-3-2-4-9-19)32-25-21-11-6-5-10-20(21)16-17-23(25)26(29)28-24-13-7-12-22(24)27(30)31/h2-6,8-11,16-18,22,24H,7,12-15H2,1H3,(H,28,29)(H,30,31)/t18-,22?,24?/m1/s1. The molecule has 0 aliphatic heterocycles. The highest BCUT2D eigenvalue weighted by atomic mass is 16.5. The van der Waals surface area contributed by atoms with Gasteiger partial charge in [-0.05, 0) is 49.6 Å². The Morgan fingerprint density at radius 1 is 1.03 bits per heavy atom. The first-order chi connectivity index (χ1) is 15.5. The van der Waals surface area contributed by atoms with Crippen LogP contribution >= 0.6 is 0 Å². The summed E-state index contributed by atoms with van der Waals surface area (Å²) in [5.41, 5.74) is 1.70. The van der Waals surface area contributed by atoms with Gasteiger partial charge in [-0.15, -0.1) is 0 Å². The van der Waals surface area contributed by atoms with Crippen molar-refractivity contribution in [2.24, 2.45) is 5.92 Å². The quantitative estimate of drug-likeness (QED) is 0.513. The number of carboxylic acid groups (broad SMARTS) is 1. The van der Waals surface area contributed by atoms with E-state index in [1.807, 2.05) is 55.5 Å². The fourth-order valence-electron chi connectivity index (χ4n) is 4.50. The van der Waals surface area contributed by atoms with Gasteiger partial charge in [0.05, 0.1) is 17.6 Å². The van der Waals surface area contributed by atoms with Crippen molar-refractivity contribution in [3.63, 3.8) is 0 Å². The average Bonchev–Trinajstić information content (AvgIpc) is 3.27. The molecule has 5 heteroatoms. The van der Waals surface area contributed by atoms with Crippen LogP contribution in [-0.4, -0.2) is 29.1 Å². The molecule has 0 bridgehead atoms. The first-order valence-electron chi connectivity index (χ1n) is 11.3. The Hall–Kier alpha value is -3.34. The van der Waals surface area contributed by atoms with E-state index in [-0.39, 0.29) is 18.1 Å². The smallest absolute Gasteiger partial charge is 0.308 e. The highest BCUT2D eigenvalue weighted by molar-refractivity contribution is 6.04. The Balaban J connectivity index is 1.56. The van der Waals surface area contributed by atoms with Crippen LogP contribution in [0.4, 0.5) is 0 Å². The Kier molecular flexibility index (Phi) is 6.74. The van der Waals surface area contributed by atoms with Gasteiger partial charge >= 0.3 is 5.97 Å². The van der Waals surface area contributed by atoms with Crippen LogP contribution in [0.25, 0.3) is 10.8 Å². The summed E-state index contributed by atoms with van der Waals surface area (Å²) in [6.07, 6.45) is 3.69. The predicted molar refractivity (Wildman–Crippen MR) is 125 cm³/mol. The van der Waals surface area contributed by atoms with E-state index in [1.54, 1.807) is 6.07 Å². The molecule has 0 saturated heterocycles. The minimum atomic E-state index is -0.850. The van der Waals surface area contributed by atoms with Crippen LogP contribution in [0.3, 0.4) is 0 Å². The van der Waals surface area contributed by atoms with Crippen molar-refractivity contribution in [1.82, 2.24) is 5.32 Å². The van der Waals surface area contributed by atoms with E-state index in [0.717, 1.165) is 30.0 Å². The summed E-state index contributed by atoms with van der Waals surface area (Å²) in [4.78, 5) is 24.7. The first-order valence-corrected chi connectivity index (χ1v) is 11.3. The molecular weight excluding hydrogens is 402 g/mol. The number of aliphatic carboxylic acids is 1. The minimum Gasteiger partial charge on any atom is -0.489 e. The summed E-state index contributed by atoms with van der Waals surface area (Å²) in [6, 6.07) is 21.5. The van der Waals surface area contributed by atoms with E-state index >= 15 is 0 Å². The number of aryl methyl sites for hydroxylation is 1. The molecule has 3 aromatic rings. The van der Waals surface area contributed by atoms with Crippen LogP contribution in [0.5, 0.6) is 5.75 Å². The number of ether oxygens (including phenoxy) is 1. The summed E-state index contributed by atoms with van der Waals surface area (Å²) in [6.45, 7) is 2.02. The molecule has 0 radical (unpaired) electrons. The molecule has 2 N–H and O–H groups in total. The lowest BCUT2D eigenvalue weighted by molar-refractivity contribution is -0.142. The van der Waals surface area contributed by atoms with E-state index in [1.165, 1.54) is 5.56 Å². The van der Waals surface area contributed by atoms with Crippen molar-refractivity contribution in [1.29, 1.82) is 0 Å². The van der Waals surface area contributed by atoms with Gasteiger partial charge in [0.2, 0.25) is 0 Å². The van der Waals surface area contributed by atoms with Gasteiger partial charge in [-0.3, -0.25) is 9.59 Å². The summed E-state index contributed by atoms with van der Waals surface area (Å²) < 4.78 is 6.36. The summed E-state index contributed by atoms with van der Waals surface area (Å²) >= 11 is 0. The van der Waals surface area contributed by atoms with Crippen LogP contribution < -0.4 is 10.1 Å². The molecule has 166 valence electrons. The maximum absolute atomic E-state index is 13.2. The molecule has 1 aliphatic carbocycles. The molecule has 0 heterocycles. The molecule has 1 saturated carbocycles. The van der Waals surface area contributed by atoms with E-state index in [0.29, 0.717) is 24.2 Å². The molecule has 4 rings (SSSR count). The fraction of sp³-hybridized carbons (Fsp3) is 0.333. The minimum absolute atomic E-state index is 0.0918. The number of carboxylic acids is 1. The van der Waals surface area contributed by atoms with Crippen LogP contribution in [0.15, 0.2) is 66.7 Å². The van der Waals surface area contributed by atoms with Gasteiger partial charge in [0.25, 0.3) is 5.91 Å². The van der Waals surface area contributed by atoms with Crippen molar-refractivity contribution in [2.45, 2.75) is 51.2 Å². The van der Waals surface area contributed by atoms with Crippen molar-refractivity contribution >= 4 is 22.6 Å². The van der Waals surface area contributed by atoms with Gasteiger partial charge in [-0.2, -0.15) is 0 Å². The molecule has 3 aromatic carbocycles. The lowest BCUT2D eigenvalue weighted by atomic mass is 10.0. The molecule has 1 amide bonds. The Labute approximate surface area is 188 Å². The summed E-state index contributed by atoms with van der Waals surface area (Å²) in [5.74, 6) is -1.10. The van der Waals surface area contributed by atoms with Gasteiger partial charge in [-0.25, -0.2) is 0 Å². The van der Waals surface area contributed by atoms with Gasteiger partial charge in [0, 0.05) is 11.4 Å². The van der Waals surface area contributed by atoms with Crippen LogP contribution in [0.2, 0.25) is 0 Å². The average molecular weight is 432 g/mol. The molecule has 0 aromatic heterocycles. The van der Waals surface area contributed by atoms with Crippen LogP contribution in [0.1, 0.15) is 48.5 Å². The van der Waals surface area contributed by atoms with Gasteiger partial charge < -0.3 is 15.2 Å². The zero-order valence-electron chi connectivity index (χ0n) is 18.3. The van der Waals surface area contributed by atoms with Crippen molar-refractivity contribution in [2.75, 3.05) is 0 Å². The normalized spacial score (nSPS) is 18.9. The zero-order valence-corrected chi connectivity index (χ0v) is 18.3. The maximum Gasteiger partial charge on any atom is 0.308 e. The molecule has 3 atom stereocenters. The van der Waals surface area contributed by atoms with Crippen molar-refractivity contribution in [3.8, 4) is 5.75 Å². The number of carbonyl (C=O) groups is 2. The molecule has 2 unspecified atom stereocenters. The van der Waals surface area contributed by atoms with Crippen LogP contribution in [-0.2, 0) is 11.2 Å². The van der Waals surface area contributed by atoms with Gasteiger partial charge in [0.1, 0.15) is 5.75 Å². The fourth-order valence-corrected chi connectivity index (χ4v) is 4.50. The number of carbonyl (C=O) groups excluding carboxylic acids is 1. The van der Waals surface area contributed by atoms with E-state index < -0.39 is 11.9 Å². The largest absolute Gasteiger partial charge is 0.489 e. The Morgan fingerprint density at radius 3 is 2.56 bits per heavy atom.